The average molecular weight is 263 g/mol. The van der Waals surface area contributed by atoms with Crippen LogP contribution in [0.15, 0.2) is 36.4 Å². The molecule has 102 valence electrons. The van der Waals surface area contributed by atoms with E-state index in [1.165, 1.54) is 6.92 Å². The van der Waals surface area contributed by atoms with E-state index in [1.54, 1.807) is 6.07 Å². The molecule has 0 bridgehead atoms. The van der Waals surface area contributed by atoms with Crippen molar-refractivity contribution in [3.05, 3.63) is 42.0 Å². The molecule has 5 nitrogen and oxygen atoms in total. The van der Waals surface area contributed by atoms with Crippen LogP contribution in [0.4, 0.5) is 5.69 Å². The first-order valence-corrected chi connectivity index (χ1v) is 5.81. The van der Waals surface area contributed by atoms with Crippen LogP contribution in [0.2, 0.25) is 0 Å². The second-order valence-electron chi connectivity index (χ2n) is 4.07. The minimum atomic E-state index is -0.604. The van der Waals surface area contributed by atoms with E-state index in [9.17, 15) is 9.59 Å². The zero-order chi connectivity index (χ0) is 14.3. The lowest BCUT2D eigenvalue weighted by molar-refractivity contribution is -0.156. The van der Waals surface area contributed by atoms with Crippen LogP contribution >= 0.6 is 0 Å². The number of benzene rings is 1. The summed E-state index contributed by atoms with van der Waals surface area (Å²) in [6.45, 7) is 4.73. The summed E-state index contributed by atoms with van der Waals surface area (Å²) in [4.78, 5) is 22.3. The highest BCUT2D eigenvalue weighted by molar-refractivity contribution is 5.88. The minimum Gasteiger partial charge on any atom is -0.463 e. The molecule has 0 fully saturated rings. The number of anilines is 1. The third-order valence-corrected chi connectivity index (χ3v) is 2.27. The summed E-state index contributed by atoms with van der Waals surface area (Å²) in [6.07, 6.45) is 0.561. The highest BCUT2D eigenvalue weighted by Gasteiger charge is 2.08. The van der Waals surface area contributed by atoms with Crippen LogP contribution in [-0.4, -0.2) is 25.2 Å². The predicted molar refractivity (Wildman–Crippen MR) is 71.3 cm³/mol. The third kappa shape index (κ3) is 5.72. The quantitative estimate of drug-likeness (QED) is 0.477. The number of esters is 2. The van der Waals surface area contributed by atoms with Gasteiger partial charge >= 0.3 is 11.9 Å². The lowest BCUT2D eigenvalue weighted by Crippen LogP contribution is -2.17. The number of rotatable bonds is 6. The fraction of sp³-hybridized carbons (Fsp3) is 0.286. The molecule has 0 heterocycles. The van der Waals surface area contributed by atoms with E-state index < -0.39 is 18.5 Å². The Kier molecular flexibility index (Phi) is 5.60. The normalized spacial score (nSPS) is 9.74. The van der Waals surface area contributed by atoms with E-state index >= 15 is 0 Å². The van der Waals surface area contributed by atoms with Crippen molar-refractivity contribution in [2.24, 2.45) is 0 Å². The lowest BCUT2D eigenvalue weighted by atomic mass is 10.1. The lowest BCUT2D eigenvalue weighted by Gasteiger charge is -2.06. The van der Waals surface area contributed by atoms with Crippen molar-refractivity contribution >= 4 is 17.6 Å². The molecule has 0 aliphatic carbocycles. The third-order valence-electron chi connectivity index (χ3n) is 2.27. The second-order valence-corrected chi connectivity index (χ2v) is 4.07. The summed E-state index contributed by atoms with van der Waals surface area (Å²) in [6, 6.07) is 7.33. The van der Waals surface area contributed by atoms with Gasteiger partial charge in [-0.3, -0.25) is 0 Å². The van der Waals surface area contributed by atoms with Gasteiger partial charge in [0.15, 0.2) is 6.61 Å². The van der Waals surface area contributed by atoms with Gasteiger partial charge < -0.3 is 15.2 Å². The van der Waals surface area contributed by atoms with E-state index in [4.69, 9.17) is 10.5 Å². The monoisotopic (exact) mass is 263 g/mol. The molecule has 0 unspecified atom stereocenters. The Hall–Kier alpha value is -2.30. The van der Waals surface area contributed by atoms with Crippen molar-refractivity contribution in [2.45, 2.75) is 13.3 Å². The first-order chi connectivity index (χ1) is 8.99. The fourth-order valence-corrected chi connectivity index (χ4v) is 1.32. The van der Waals surface area contributed by atoms with E-state index in [-0.39, 0.29) is 12.2 Å². The Bertz CT molecular complexity index is 482. The zero-order valence-corrected chi connectivity index (χ0v) is 10.8. The molecule has 1 aromatic carbocycles. The maximum atomic E-state index is 11.3. The topological polar surface area (TPSA) is 78.6 Å². The van der Waals surface area contributed by atoms with E-state index in [0.717, 1.165) is 5.56 Å². The smallest absolute Gasteiger partial charge is 0.344 e. The first-order valence-electron chi connectivity index (χ1n) is 5.81. The average Bonchev–Trinajstić information content (AvgIpc) is 2.36. The van der Waals surface area contributed by atoms with Gasteiger partial charge in [-0.05, 0) is 24.6 Å². The molecule has 0 spiro atoms. The number of hydrogen-bond donors (Lipinski definition) is 1. The SMILES string of the molecule is C=C(C)C(=O)OCC(=O)OCCc1cccc(N)c1. The highest BCUT2D eigenvalue weighted by atomic mass is 16.6. The van der Waals surface area contributed by atoms with Gasteiger partial charge in [0.05, 0.1) is 6.61 Å². The molecule has 19 heavy (non-hydrogen) atoms. The Balaban J connectivity index is 2.24. The molecule has 0 aliphatic rings. The summed E-state index contributed by atoms with van der Waals surface area (Å²) < 4.78 is 9.58. The van der Waals surface area contributed by atoms with Crippen molar-refractivity contribution in [2.75, 3.05) is 18.9 Å². The number of nitrogen functional groups attached to an aromatic ring is 1. The largest absolute Gasteiger partial charge is 0.463 e. The molecule has 1 rings (SSSR count). The molecular formula is C14H17NO4. The van der Waals surface area contributed by atoms with Gasteiger partial charge in [-0.15, -0.1) is 0 Å². The second kappa shape index (κ2) is 7.20. The molecule has 0 amide bonds. The van der Waals surface area contributed by atoms with Crippen LogP contribution < -0.4 is 5.73 Å². The standard InChI is InChI=1S/C14H17NO4/c1-10(2)14(17)19-9-13(16)18-7-6-11-4-3-5-12(15)8-11/h3-5,8H,1,6-7,9,15H2,2H3. The molecule has 0 aliphatic heterocycles. The van der Waals surface area contributed by atoms with Gasteiger partial charge in [0.1, 0.15) is 0 Å². The van der Waals surface area contributed by atoms with Crippen LogP contribution in [-0.2, 0) is 25.5 Å². The van der Waals surface area contributed by atoms with Crippen LogP contribution in [0, 0.1) is 0 Å². The number of carbonyl (C=O) groups excluding carboxylic acids is 2. The van der Waals surface area contributed by atoms with Crippen LogP contribution in [0.1, 0.15) is 12.5 Å². The number of carbonyl (C=O) groups is 2. The van der Waals surface area contributed by atoms with Gasteiger partial charge in [0.25, 0.3) is 0 Å². The summed E-state index contributed by atoms with van der Waals surface area (Å²) in [5.74, 6) is -1.19. The van der Waals surface area contributed by atoms with E-state index in [1.807, 2.05) is 18.2 Å². The van der Waals surface area contributed by atoms with Gasteiger partial charge in [-0.2, -0.15) is 0 Å². The molecular weight excluding hydrogens is 246 g/mol. The van der Waals surface area contributed by atoms with Crippen molar-refractivity contribution in [1.29, 1.82) is 0 Å². The van der Waals surface area contributed by atoms with E-state index in [2.05, 4.69) is 11.3 Å². The summed E-state index contributed by atoms with van der Waals surface area (Å²) >= 11 is 0. The molecule has 1 aromatic rings. The first kappa shape index (κ1) is 14.8. The van der Waals surface area contributed by atoms with Gasteiger partial charge in [0, 0.05) is 17.7 Å². The molecule has 0 saturated carbocycles. The Morgan fingerprint density at radius 1 is 1.32 bits per heavy atom. The number of hydrogen-bond acceptors (Lipinski definition) is 5. The molecule has 0 radical (unpaired) electrons. The summed E-state index contributed by atoms with van der Waals surface area (Å²) in [5, 5.41) is 0. The maximum absolute atomic E-state index is 11.3. The number of ether oxygens (including phenoxy) is 2. The Morgan fingerprint density at radius 2 is 2.05 bits per heavy atom. The molecule has 0 aromatic heterocycles. The summed E-state index contributed by atoms with van der Waals surface area (Å²) in [7, 11) is 0. The zero-order valence-electron chi connectivity index (χ0n) is 10.8. The fourth-order valence-electron chi connectivity index (χ4n) is 1.32. The van der Waals surface area contributed by atoms with Crippen LogP contribution in [0.25, 0.3) is 0 Å². The van der Waals surface area contributed by atoms with Gasteiger partial charge in [-0.1, -0.05) is 18.7 Å². The van der Waals surface area contributed by atoms with Crippen molar-refractivity contribution in [3.8, 4) is 0 Å². The van der Waals surface area contributed by atoms with Gasteiger partial charge in [0.2, 0.25) is 0 Å². The highest BCUT2D eigenvalue weighted by Crippen LogP contribution is 2.07. The maximum Gasteiger partial charge on any atom is 0.344 e. The molecule has 0 saturated heterocycles. The van der Waals surface area contributed by atoms with Crippen molar-refractivity contribution in [3.63, 3.8) is 0 Å². The molecule has 5 heteroatoms. The Labute approximate surface area is 112 Å². The molecule has 2 N–H and O–H groups in total. The minimum absolute atomic E-state index is 0.215. The van der Waals surface area contributed by atoms with Crippen molar-refractivity contribution in [1.82, 2.24) is 0 Å². The number of nitrogens with two attached hydrogens (primary N) is 1. The van der Waals surface area contributed by atoms with Gasteiger partial charge in [-0.25, -0.2) is 9.59 Å². The summed E-state index contributed by atoms with van der Waals surface area (Å²) in [5.41, 5.74) is 7.51. The van der Waals surface area contributed by atoms with Crippen LogP contribution in [0.5, 0.6) is 0 Å². The molecule has 0 atom stereocenters. The van der Waals surface area contributed by atoms with Crippen LogP contribution in [0.3, 0.4) is 0 Å². The van der Waals surface area contributed by atoms with E-state index in [0.29, 0.717) is 12.1 Å². The van der Waals surface area contributed by atoms with Crippen molar-refractivity contribution < 1.29 is 19.1 Å². The Morgan fingerprint density at radius 3 is 2.68 bits per heavy atom. The predicted octanol–water partition coefficient (Wildman–Crippen LogP) is 1.47.